The Morgan fingerprint density at radius 1 is 1.04 bits per heavy atom. The molecule has 3 N–H and O–H groups in total. The minimum absolute atomic E-state index is 0.00326. The first-order valence-corrected chi connectivity index (χ1v) is 9.36. The minimum atomic E-state index is -0.480. The van der Waals surface area contributed by atoms with E-state index >= 15 is 0 Å². The van der Waals surface area contributed by atoms with E-state index in [2.05, 4.69) is 20.9 Å². The highest BCUT2D eigenvalue weighted by Crippen LogP contribution is 2.12. The molecule has 2 rings (SSSR count). The highest BCUT2D eigenvalue weighted by molar-refractivity contribution is 5.90. The second-order valence-corrected chi connectivity index (χ2v) is 6.28. The van der Waals surface area contributed by atoms with Crippen molar-refractivity contribution in [3.05, 3.63) is 65.2 Å². The van der Waals surface area contributed by atoms with Crippen molar-refractivity contribution in [1.29, 1.82) is 0 Å². The second-order valence-electron chi connectivity index (χ2n) is 6.28. The number of halogens is 2. The van der Waals surface area contributed by atoms with Crippen molar-refractivity contribution < 1.29 is 13.6 Å². The zero-order chi connectivity index (χ0) is 20.4. The number of carbonyl (C=O) groups excluding carboxylic acids is 1. The fraction of sp³-hybridized carbons (Fsp3) is 0.333. The molecule has 0 spiro atoms. The number of rotatable bonds is 8. The van der Waals surface area contributed by atoms with Gasteiger partial charge in [-0.3, -0.25) is 4.79 Å². The van der Waals surface area contributed by atoms with Gasteiger partial charge in [-0.25, -0.2) is 13.8 Å². The largest absolute Gasteiger partial charge is 0.357 e. The third-order valence-electron chi connectivity index (χ3n) is 3.93. The van der Waals surface area contributed by atoms with Gasteiger partial charge in [-0.2, -0.15) is 0 Å². The summed E-state index contributed by atoms with van der Waals surface area (Å²) >= 11 is 0. The van der Waals surface area contributed by atoms with Gasteiger partial charge >= 0.3 is 0 Å². The van der Waals surface area contributed by atoms with E-state index in [4.69, 9.17) is 0 Å². The number of anilines is 1. The quantitative estimate of drug-likeness (QED) is 0.474. The average molecular weight is 388 g/mol. The van der Waals surface area contributed by atoms with Crippen molar-refractivity contribution in [2.75, 3.05) is 11.9 Å². The maximum atomic E-state index is 13.7. The zero-order valence-electron chi connectivity index (χ0n) is 16.2. The van der Waals surface area contributed by atoms with E-state index in [1.165, 1.54) is 0 Å². The summed E-state index contributed by atoms with van der Waals surface area (Å²) < 4.78 is 27.0. The predicted molar refractivity (Wildman–Crippen MR) is 108 cm³/mol. The average Bonchev–Trinajstić information content (AvgIpc) is 2.68. The van der Waals surface area contributed by atoms with Gasteiger partial charge in [-0.1, -0.05) is 19.1 Å². The van der Waals surface area contributed by atoms with Crippen molar-refractivity contribution in [2.24, 2.45) is 4.99 Å². The number of amides is 1. The predicted octanol–water partition coefficient (Wildman–Crippen LogP) is 3.96. The Morgan fingerprint density at radius 2 is 1.79 bits per heavy atom. The number of hydrogen-bond donors (Lipinski definition) is 3. The van der Waals surface area contributed by atoms with Gasteiger partial charge < -0.3 is 16.0 Å². The lowest BCUT2D eigenvalue weighted by Gasteiger charge is -2.12. The molecule has 7 heteroatoms. The van der Waals surface area contributed by atoms with Crippen LogP contribution in [0, 0.1) is 11.6 Å². The molecular weight excluding hydrogens is 362 g/mol. The summed E-state index contributed by atoms with van der Waals surface area (Å²) in [6.07, 6.45) is 1.30. The molecular formula is C21H26F2N4O. The minimum Gasteiger partial charge on any atom is -0.357 e. The molecule has 0 atom stereocenters. The van der Waals surface area contributed by atoms with Gasteiger partial charge in [-0.15, -0.1) is 0 Å². The number of carbonyl (C=O) groups is 1. The van der Waals surface area contributed by atoms with Crippen LogP contribution in [0.25, 0.3) is 0 Å². The summed E-state index contributed by atoms with van der Waals surface area (Å²) in [4.78, 5) is 16.1. The standard InChI is InChI=1S/C21H26F2N4O/c1-3-5-20(28)27-18-9-6-15(7-10-18)13-25-21(24-4-2)26-14-16-12-17(22)8-11-19(16)23/h6-12H,3-5,13-14H2,1-2H3,(H,27,28)(H2,24,25,26). The summed E-state index contributed by atoms with van der Waals surface area (Å²) in [7, 11) is 0. The number of hydrogen-bond acceptors (Lipinski definition) is 2. The van der Waals surface area contributed by atoms with Crippen LogP contribution in [0.1, 0.15) is 37.8 Å². The molecule has 0 unspecified atom stereocenters. The van der Waals surface area contributed by atoms with Crippen LogP contribution in [0.15, 0.2) is 47.5 Å². The molecule has 0 fully saturated rings. The number of guanidine groups is 1. The molecule has 1 amide bonds. The molecule has 0 heterocycles. The Kier molecular flexibility index (Phi) is 8.39. The van der Waals surface area contributed by atoms with Gasteiger partial charge in [0.25, 0.3) is 0 Å². The van der Waals surface area contributed by atoms with E-state index < -0.39 is 11.6 Å². The van der Waals surface area contributed by atoms with Gasteiger partial charge in [0, 0.05) is 30.8 Å². The summed E-state index contributed by atoms with van der Waals surface area (Å²) in [5.74, 6) is -0.445. The molecule has 2 aromatic rings. The van der Waals surface area contributed by atoms with Gasteiger partial charge in [0.2, 0.25) is 5.91 Å². The third-order valence-corrected chi connectivity index (χ3v) is 3.93. The highest BCUT2D eigenvalue weighted by atomic mass is 19.1. The summed E-state index contributed by atoms with van der Waals surface area (Å²) in [6, 6.07) is 10.8. The smallest absolute Gasteiger partial charge is 0.224 e. The molecule has 2 aromatic carbocycles. The van der Waals surface area contributed by atoms with Crippen LogP contribution >= 0.6 is 0 Å². The van der Waals surface area contributed by atoms with E-state index in [-0.39, 0.29) is 18.0 Å². The highest BCUT2D eigenvalue weighted by Gasteiger charge is 2.05. The van der Waals surface area contributed by atoms with Crippen LogP contribution in [-0.4, -0.2) is 18.4 Å². The summed E-state index contributed by atoms with van der Waals surface area (Å²) in [5.41, 5.74) is 1.94. The first-order valence-electron chi connectivity index (χ1n) is 9.36. The molecule has 0 aliphatic rings. The molecule has 150 valence electrons. The normalized spacial score (nSPS) is 11.2. The van der Waals surface area contributed by atoms with Crippen LogP contribution in [0.4, 0.5) is 14.5 Å². The van der Waals surface area contributed by atoms with E-state index in [1.54, 1.807) is 0 Å². The fourth-order valence-electron chi connectivity index (χ4n) is 2.51. The number of nitrogens with one attached hydrogen (secondary N) is 3. The topological polar surface area (TPSA) is 65.5 Å². The molecule has 0 aliphatic carbocycles. The van der Waals surface area contributed by atoms with Crippen LogP contribution in [0.5, 0.6) is 0 Å². The molecule has 5 nitrogen and oxygen atoms in total. The van der Waals surface area contributed by atoms with Crippen LogP contribution < -0.4 is 16.0 Å². The summed E-state index contributed by atoms with van der Waals surface area (Å²) in [6.45, 7) is 5.05. The Labute approximate surface area is 164 Å². The molecule has 0 saturated heterocycles. The Balaban J connectivity index is 1.96. The molecule has 0 aliphatic heterocycles. The Hall–Kier alpha value is -2.96. The lowest BCUT2D eigenvalue weighted by molar-refractivity contribution is -0.116. The molecule has 0 saturated carbocycles. The van der Waals surface area contributed by atoms with Crippen molar-refractivity contribution in [2.45, 2.75) is 39.8 Å². The maximum Gasteiger partial charge on any atom is 0.224 e. The third kappa shape index (κ3) is 6.98. The first-order chi connectivity index (χ1) is 13.5. The van der Waals surface area contributed by atoms with Crippen molar-refractivity contribution in [3.8, 4) is 0 Å². The van der Waals surface area contributed by atoms with Gasteiger partial charge in [0.15, 0.2) is 5.96 Å². The Morgan fingerprint density at radius 3 is 2.46 bits per heavy atom. The monoisotopic (exact) mass is 388 g/mol. The van der Waals surface area contributed by atoms with E-state index in [1.807, 2.05) is 38.1 Å². The lowest BCUT2D eigenvalue weighted by atomic mass is 10.2. The fourth-order valence-corrected chi connectivity index (χ4v) is 2.51. The Bertz CT molecular complexity index is 807. The molecule has 0 aromatic heterocycles. The van der Waals surface area contributed by atoms with Gasteiger partial charge in [-0.05, 0) is 49.2 Å². The van der Waals surface area contributed by atoms with Crippen molar-refractivity contribution in [3.63, 3.8) is 0 Å². The number of benzene rings is 2. The van der Waals surface area contributed by atoms with E-state index in [9.17, 15) is 13.6 Å². The molecule has 0 bridgehead atoms. The summed E-state index contributed by atoms with van der Waals surface area (Å²) in [5, 5.41) is 8.91. The SMILES string of the molecule is CCCC(=O)Nc1ccc(CN=C(NCC)NCc2cc(F)ccc2F)cc1. The van der Waals surface area contributed by atoms with Crippen LogP contribution in [0.3, 0.4) is 0 Å². The molecule has 28 heavy (non-hydrogen) atoms. The lowest BCUT2D eigenvalue weighted by Crippen LogP contribution is -2.37. The number of nitrogens with zero attached hydrogens (tertiary/aromatic N) is 1. The van der Waals surface area contributed by atoms with E-state index in [0.717, 1.165) is 35.9 Å². The van der Waals surface area contributed by atoms with Crippen molar-refractivity contribution in [1.82, 2.24) is 10.6 Å². The first kappa shape index (κ1) is 21.3. The van der Waals surface area contributed by atoms with Crippen LogP contribution in [0.2, 0.25) is 0 Å². The van der Waals surface area contributed by atoms with Crippen molar-refractivity contribution >= 4 is 17.6 Å². The second kappa shape index (κ2) is 11.0. The van der Waals surface area contributed by atoms with E-state index in [0.29, 0.717) is 25.5 Å². The van der Waals surface area contributed by atoms with Gasteiger partial charge in [0.05, 0.1) is 6.54 Å². The molecule has 0 radical (unpaired) electrons. The zero-order valence-corrected chi connectivity index (χ0v) is 16.2. The maximum absolute atomic E-state index is 13.7. The van der Waals surface area contributed by atoms with Crippen LogP contribution in [-0.2, 0) is 17.9 Å². The van der Waals surface area contributed by atoms with Gasteiger partial charge in [0.1, 0.15) is 11.6 Å². The number of aliphatic imine (C=N–C) groups is 1.